The molecule has 1 heterocycles. The van der Waals surface area contributed by atoms with Crippen molar-refractivity contribution in [2.24, 2.45) is 0 Å². The molecule has 3 N–H and O–H groups in total. The van der Waals surface area contributed by atoms with Crippen molar-refractivity contribution in [2.45, 2.75) is 46.1 Å². The number of carbonyl (C=O) groups is 1. The lowest BCUT2D eigenvalue weighted by Crippen LogP contribution is -2.34. The average Bonchev–Trinajstić information content (AvgIpc) is 2.41. The first-order valence-electron chi connectivity index (χ1n) is 6.67. The van der Waals surface area contributed by atoms with Crippen LogP contribution in [0.15, 0.2) is 12.3 Å². The SMILES string of the molecule is CCOC(=O)c1ccnc(NC(C)(CC)CC)c1N. The topological polar surface area (TPSA) is 77.2 Å². The summed E-state index contributed by atoms with van der Waals surface area (Å²) < 4.78 is 4.97. The van der Waals surface area contributed by atoms with Crippen molar-refractivity contribution in [3.05, 3.63) is 17.8 Å². The molecule has 0 aliphatic rings. The summed E-state index contributed by atoms with van der Waals surface area (Å²) in [7, 11) is 0. The molecular formula is C14H23N3O2. The summed E-state index contributed by atoms with van der Waals surface area (Å²) in [6.07, 6.45) is 3.44. The third kappa shape index (κ3) is 3.59. The third-order valence-electron chi connectivity index (χ3n) is 3.47. The van der Waals surface area contributed by atoms with Crippen molar-refractivity contribution < 1.29 is 9.53 Å². The van der Waals surface area contributed by atoms with Crippen LogP contribution in [0.4, 0.5) is 11.5 Å². The van der Waals surface area contributed by atoms with Gasteiger partial charge in [0.15, 0.2) is 0 Å². The molecule has 19 heavy (non-hydrogen) atoms. The number of nitrogens with zero attached hydrogens (tertiary/aromatic N) is 1. The molecule has 106 valence electrons. The van der Waals surface area contributed by atoms with Crippen LogP contribution in [0.1, 0.15) is 50.9 Å². The molecule has 0 fully saturated rings. The second-order valence-electron chi connectivity index (χ2n) is 4.73. The number of ether oxygens (including phenoxy) is 1. The molecule has 0 amide bonds. The van der Waals surface area contributed by atoms with Gasteiger partial charge in [0.25, 0.3) is 0 Å². The first-order valence-corrected chi connectivity index (χ1v) is 6.67. The summed E-state index contributed by atoms with van der Waals surface area (Å²) in [5.41, 5.74) is 6.61. The predicted molar refractivity (Wildman–Crippen MR) is 77.2 cm³/mol. The summed E-state index contributed by atoms with van der Waals surface area (Å²) >= 11 is 0. The maximum Gasteiger partial charge on any atom is 0.340 e. The zero-order valence-corrected chi connectivity index (χ0v) is 12.1. The molecule has 0 radical (unpaired) electrons. The number of hydrogen-bond donors (Lipinski definition) is 2. The zero-order chi connectivity index (χ0) is 14.5. The molecule has 0 bridgehead atoms. The van der Waals surface area contributed by atoms with Crippen LogP contribution in [-0.2, 0) is 4.74 Å². The Balaban J connectivity index is 3.04. The van der Waals surface area contributed by atoms with Crippen LogP contribution < -0.4 is 11.1 Å². The molecular weight excluding hydrogens is 242 g/mol. The fourth-order valence-electron chi connectivity index (χ4n) is 1.67. The number of hydrogen-bond acceptors (Lipinski definition) is 5. The fraction of sp³-hybridized carbons (Fsp3) is 0.571. The second-order valence-corrected chi connectivity index (χ2v) is 4.73. The highest BCUT2D eigenvalue weighted by Crippen LogP contribution is 2.26. The van der Waals surface area contributed by atoms with Crippen LogP contribution >= 0.6 is 0 Å². The Morgan fingerprint density at radius 3 is 2.58 bits per heavy atom. The van der Waals surface area contributed by atoms with Gasteiger partial charge in [-0.25, -0.2) is 9.78 Å². The van der Waals surface area contributed by atoms with Gasteiger partial charge in [-0.05, 0) is 32.8 Å². The lowest BCUT2D eigenvalue weighted by Gasteiger charge is -2.29. The van der Waals surface area contributed by atoms with E-state index in [2.05, 4.69) is 31.1 Å². The van der Waals surface area contributed by atoms with Gasteiger partial charge < -0.3 is 15.8 Å². The van der Waals surface area contributed by atoms with E-state index in [1.807, 2.05) is 0 Å². The highest BCUT2D eigenvalue weighted by Gasteiger charge is 2.22. The Morgan fingerprint density at radius 2 is 2.05 bits per heavy atom. The summed E-state index contributed by atoms with van der Waals surface area (Å²) in [6.45, 7) is 8.39. The molecule has 1 rings (SSSR count). The number of pyridine rings is 1. The van der Waals surface area contributed by atoms with E-state index in [1.54, 1.807) is 19.2 Å². The van der Waals surface area contributed by atoms with Crippen molar-refractivity contribution in [3.8, 4) is 0 Å². The molecule has 0 atom stereocenters. The van der Waals surface area contributed by atoms with Crippen molar-refractivity contribution in [1.29, 1.82) is 0 Å². The van der Waals surface area contributed by atoms with E-state index in [9.17, 15) is 4.79 Å². The molecule has 0 saturated carbocycles. The molecule has 5 nitrogen and oxygen atoms in total. The Labute approximate surface area is 114 Å². The van der Waals surface area contributed by atoms with Gasteiger partial charge in [-0.3, -0.25) is 0 Å². The van der Waals surface area contributed by atoms with Crippen LogP contribution in [0.25, 0.3) is 0 Å². The lowest BCUT2D eigenvalue weighted by atomic mass is 9.95. The second kappa shape index (κ2) is 6.41. The number of rotatable bonds is 6. The Kier molecular flexibility index (Phi) is 5.15. The molecule has 0 spiro atoms. The van der Waals surface area contributed by atoms with Crippen molar-refractivity contribution in [1.82, 2.24) is 4.98 Å². The summed E-state index contributed by atoms with van der Waals surface area (Å²) in [5, 5.41) is 3.32. The van der Waals surface area contributed by atoms with Crippen molar-refractivity contribution in [2.75, 3.05) is 17.7 Å². The molecule has 1 aromatic rings. The minimum Gasteiger partial charge on any atom is -0.462 e. The highest BCUT2D eigenvalue weighted by atomic mass is 16.5. The number of nitrogens with two attached hydrogens (primary N) is 1. The van der Waals surface area contributed by atoms with E-state index >= 15 is 0 Å². The van der Waals surface area contributed by atoms with Crippen molar-refractivity contribution >= 4 is 17.5 Å². The smallest absolute Gasteiger partial charge is 0.340 e. The number of aromatic nitrogens is 1. The van der Waals surface area contributed by atoms with Crippen LogP contribution in [-0.4, -0.2) is 23.1 Å². The highest BCUT2D eigenvalue weighted by molar-refractivity contribution is 5.97. The summed E-state index contributed by atoms with van der Waals surface area (Å²) in [6, 6.07) is 1.58. The van der Waals surface area contributed by atoms with E-state index in [0.29, 0.717) is 23.7 Å². The van der Waals surface area contributed by atoms with E-state index in [1.165, 1.54) is 0 Å². The van der Waals surface area contributed by atoms with Crippen LogP contribution in [0.2, 0.25) is 0 Å². The van der Waals surface area contributed by atoms with Gasteiger partial charge in [0.2, 0.25) is 0 Å². The minimum absolute atomic E-state index is 0.0889. The predicted octanol–water partition coefficient (Wildman–Crippen LogP) is 2.83. The van der Waals surface area contributed by atoms with E-state index in [-0.39, 0.29) is 5.54 Å². The first kappa shape index (κ1) is 15.3. The molecule has 0 aromatic carbocycles. The Morgan fingerprint density at radius 1 is 1.42 bits per heavy atom. The van der Waals surface area contributed by atoms with Gasteiger partial charge >= 0.3 is 5.97 Å². The summed E-state index contributed by atoms with van der Waals surface area (Å²) in [4.78, 5) is 16.0. The molecule has 0 unspecified atom stereocenters. The molecule has 0 aliphatic heterocycles. The zero-order valence-electron chi connectivity index (χ0n) is 12.1. The molecule has 5 heteroatoms. The van der Waals surface area contributed by atoms with Gasteiger partial charge in [-0.15, -0.1) is 0 Å². The number of anilines is 2. The molecule has 0 aliphatic carbocycles. The minimum atomic E-state index is -0.417. The lowest BCUT2D eigenvalue weighted by molar-refractivity contribution is 0.0527. The Bertz CT molecular complexity index is 442. The summed E-state index contributed by atoms with van der Waals surface area (Å²) in [5.74, 6) is 0.122. The van der Waals surface area contributed by atoms with Gasteiger partial charge in [-0.1, -0.05) is 13.8 Å². The number of nitrogens with one attached hydrogen (secondary N) is 1. The van der Waals surface area contributed by atoms with Crippen LogP contribution in [0.3, 0.4) is 0 Å². The van der Waals surface area contributed by atoms with Gasteiger partial charge in [0.05, 0.1) is 17.9 Å². The first-order chi connectivity index (χ1) is 8.97. The largest absolute Gasteiger partial charge is 0.462 e. The monoisotopic (exact) mass is 265 g/mol. The fourth-order valence-corrected chi connectivity index (χ4v) is 1.67. The van der Waals surface area contributed by atoms with Crippen LogP contribution in [0, 0.1) is 0 Å². The van der Waals surface area contributed by atoms with E-state index in [4.69, 9.17) is 10.5 Å². The van der Waals surface area contributed by atoms with E-state index < -0.39 is 5.97 Å². The van der Waals surface area contributed by atoms with E-state index in [0.717, 1.165) is 12.8 Å². The quantitative estimate of drug-likeness (QED) is 0.773. The van der Waals surface area contributed by atoms with Gasteiger partial charge in [0, 0.05) is 11.7 Å². The third-order valence-corrected chi connectivity index (χ3v) is 3.47. The standard InChI is InChI=1S/C14H23N3O2/c1-5-14(4,6-2)17-12-11(15)10(8-9-16-12)13(18)19-7-3/h8-9H,5-7,15H2,1-4H3,(H,16,17). The number of nitrogen functional groups attached to an aromatic ring is 1. The van der Waals surface area contributed by atoms with Crippen LogP contribution in [0.5, 0.6) is 0 Å². The Hall–Kier alpha value is -1.78. The number of carbonyl (C=O) groups excluding carboxylic acids is 1. The molecule has 1 aromatic heterocycles. The molecule has 0 saturated heterocycles. The van der Waals surface area contributed by atoms with Gasteiger partial charge in [0.1, 0.15) is 5.82 Å². The maximum absolute atomic E-state index is 11.8. The van der Waals surface area contributed by atoms with Gasteiger partial charge in [-0.2, -0.15) is 0 Å². The number of esters is 1. The average molecular weight is 265 g/mol. The normalized spacial score (nSPS) is 11.2. The van der Waals surface area contributed by atoms with Crippen molar-refractivity contribution in [3.63, 3.8) is 0 Å². The maximum atomic E-state index is 11.8.